The van der Waals surface area contributed by atoms with E-state index in [1.54, 1.807) is 35.1 Å². The van der Waals surface area contributed by atoms with Crippen LogP contribution in [0, 0.1) is 34.5 Å². The summed E-state index contributed by atoms with van der Waals surface area (Å²) >= 11 is 0. The predicted octanol–water partition coefficient (Wildman–Crippen LogP) is 5.18. The number of nitrogens with zero attached hydrogens (tertiary/aromatic N) is 3. The van der Waals surface area contributed by atoms with E-state index in [-0.39, 0.29) is 41.8 Å². The summed E-state index contributed by atoms with van der Waals surface area (Å²) < 4.78 is 7.42. The summed E-state index contributed by atoms with van der Waals surface area (Å²) in [7, 11) is 0. The van der Waals surface area contributed by atoms with Gasteiger partial charge in [0.25, 0.3) is 0 Å². The maximum atomic E-state index is 13.6. The van der Waals surface area contributed by atoms with E-state index < -0.39 is 0 Å². The van der Waals surface area contributed by atoms with Crippen LogP contribution < -0.4 is 4.74 Å². The van der Waals surface area contributed by atoms with Crippen LogP contribution in [0.4, 0.5) is 0 Å². The van der Waals surface area contributed by atoms with Gasteiger partial charge in [-0.1, -0.05) is 30.7 Å². The fourth-order valence-corrected chi connectivity index (χ4v) is 8.72. The van der Waals surface area contributed by atoms with E-state index in [1.165, 1.54) is 12.0 Å². The molecule has 1 unspecified atom stereocenters. The number of hydrogen-bond donors (Lipinski definition) is 1. The van der Waals surface area contributed by atoms with Crippen LogP contribution >= 0.6 is 0 Å². The number of ketones is 1. The molecule has 202 valence electrons. The predicted molar refractivity (Wildman–Crippen MR) is 142 cm³/mol. The molecule has 7 heteroatoms. The van der Waals surface area contributed by atoms with Crippen molar-refractivity contribution in [2.24, 2.45) is 34.5 Å². The molecule has 1 N–H and O–H groups in total. The first-order valence-corrected chi connectivity index (χ1v) is 14.3. The van der Waals surface area contributed by atoms with Crippen LogP contribution in [0.5, 0.6) is 5.75 Å². The van der Waals surface area contributed by atoms with Crippen molar-refractivity contribution in [1.82, 2.24) is 15.0 Å². The first kappa shape index (κ1) is 25.5. The third-order valence-electron chi connectivity index (χ3n) is 10.8. The number of aliphatic hydroxyl groups is 1. The first-order valence-electron chi connectivity index (χ1n) is 14.3. The summed E-state index contributed by atoms with van der Waals surface area (Å²) in [4.78, 5) is 24.4. The van der Waals surface area contributed by atoms with Crippen molar-refractivity contribution in [2.45, 2.75) is 84.5 Å². The Kier molecular flexibility index (Phi) is 6.53. The van der Waals surface area contributed by atoms with Gasteiger partial charge in [0.05, 0.1) is 12.3 Å². The summed E-state index contributed by atoms with van der Waals surface area (Å²) in [5.41, 5.74) is 3.04. The Labute approximate surface area is 224 Å². The lowest BCUT2D eigenvalue weighted by Gasteiger charge is -2.57. The molecule has 0 aliphatic heterocycles. The Morgan fingerprint density at radius 1 is 1.13 bits per heavy atom. The van der Waals surface area contributed by atoms with Gasteiger partial charge < -0.3 is 9.84 Å². The molecule has 0 radical (unpaired) electrons. The number of allylic oxidation sites excluding steroid dienone is 1. The van der Waals surface area contributed by atoms with Crippen molar-refractivity contribution in [2.75, 3.05) is 0 Å². The number of carbonyl (C=O) groups excluding carboxylic acids is 2. The first-order chi connectivity index (χ1) is 18.3. The average Bonchev–Trinajstić information content (AvgIpc) is 3.51. The molecule has 7 atom stereocenters. The van der Waals surface area contributed by atoms with Crippen LogP contribution in [0.2, 0.25) is 0 Å². The zero-order valence-corrected chi connectivity index (χ0v) is 22.5. The Balaban J connectivity index is 1.10. The summed E-state index contributed by atoms with van der Waals surface area (Å²) in [6, 6.07) is 6.93. The molecule has 0 spiro atoms. The van der Waals surface area contributed by atoms with Gasteiger partial charge in [0.15, 0.2) is 5.78 Å². The molecule has 1 aromatic heterocycles. The van der Waals surface area contributed by atoms with Gasteiger partial charge in [0.2, 0.25) is 0 Å². The quantitative estimate of drug-likeness (QED) is 0.402. The summed E-state index contributed by atoms with van der Waals surface area (Å²) in [5.74, 6) is 2.90. The van der Waals surface area contributed by atoms with Crippen LogP contribution in [0.15, 0.2) is 42.1 Å². The second-order valence-electron chi connectivity index (χ2n) is 12.7. The standard InChI is InChI=1S/C31H39N3O4/c1-30-13-11-23(36)15-21(30)5-8-25-26-9-10-28(31(26,2)14-12-27(25)30)29(37)17-34-16-22(32-33-34)19-38-24-6-3-20(18-35)4-7-24/h3-7,16,18,23,25-28,36H,8-15,17,19H2,1-2H3/t23?,25-,26-,27-,28+,30-,31-/m0/s1. The third-order valence-corrected chi connectivity index (χ3v) is 10.8. The molecule has 0 bridgehead atoms. The highest BCUT2D eigenvalue weighted by Crippen LogP contribution is 2.66. The van der Waals surface area contributed by atoms with Gasteiger partial charge in [-0.25, -0.2) is 4.68 Å². The van der Waals surface area contributed by atoms with Crippen LogP contribution in [0.3, 0.4) is 0 Å². The lowest BCUT2D eigenvalue weighted by molar-refractivity contribution is -0.130. The van der Waals surface area contributed by atoms with Gasteiger partial charge in [-0.05, 0) is 104 Å². The molecule has 4 aliphatic rings. The fourth-order valence-electron chi connectivity index (χ4n) is 8.72. The zero-order valence-electron chi connectivity index (χ0n) is 22.5. The number of hydrogen-bond acceptors (Lipinski definition) is 6. The largest absolute Gasteiger partial charge is 0.487 e. The SMILES string of the molecule is C[C@]12CC[C@H]3[C@@H](CC=C4CC(O)CC[C@@]43C)[C@@H]1CC[C@@H]2C(=O)Cn1cc(COc2ccc(C=O)cc2)nn1. The third kappa shape index (κ3) is 4.33. The lowest BCUT2D eigenvalue weighted by atomic mass is 9.47. The van der Waals surface area contributed by atoms with Crippen molar-refractivity contribution >= 4 is 12.1 Å². The Morgan fingerprint density at radius 2 is 1.95 bits per heavy atom. The van der Waals surface area contributed by atoms with Gasteiger partial charge in [-0.2, -0.15) is 0 Å². The van der Waals surface area contributed by atoms with E-state index in [0.29, 0.717) is 34.8 Å². The highest BCUT2D eigenvalue weighted by atomic mass is 16.5. The number of aliphatic hydroxyl groups excluding tert-OH is 1. The van der Waals surface area contributed by atoms with Gasteiger partial charge in [-0.15, -0.1) is 5.10 Å². The summed E-state index contributed by atoms with van der Waals surface area (Å²) in [5, 5.41) is 18.7. The van der Waals surface area contributed by atoms with E-state index in [2.05, 4.69) is 30.2 Å². The monoisotopic (exact) mass is 517 g/mol. The molecule has 0 amide bonds. The van der Waals surface area contributed by atoms with E-state index in [4.69, 9.17) is 4.74 Å². The summed E-state index contributed by atoms with van der Waals surface area (Å²) in [6.45, 7) is 5.34. The van der Waals surface area contributed by atoms with Gasteiger partial charge in [0.1, 0.15) is 30.9 Å². The number of aldehydes is 1. The maximum absolute atomic E-state index is 13.6. The van der Waals surface area contributed by atoms with Crippen molar-refractivity contribution in [3.63, 3.8) is 0 Å². The van der Waals surface area contributed by atoms with Crippen LogP contribution in [0.25, 0.3) is 0 Å². The van der Waals surface area contributed by atoms with Crippen LogP contribution in [-0.2, 0) is 17.9 Å². The number of fused-ring (bicyclic) bond motifs is 5. The number of ether oxygens (including phenoxy) is 1. The summed E-state index contributed by atoms with van der Waals surface area (Å²) in [6.07, 6.45) is 13.2. The van der Waals surface area contributed by atoms with Crippen molar-refractivity contribution < 1.29 is 19.4 Å². The molecule has 4 aliphatic carbocycles. The molecular formula is C31H39N3O4. The molecule has 3 fully saturated rings. The molecule has 0 saturated heterocycles. The molecule has 1 aromatic carbocycles. The molecule has 38 heavy (non-hydrogen) atoms. The van der Waals surface area contributed by atoms with E-state index in [1.807, 2.05) is 0 Å². The van der Waals surface area contributed by atoms with Gasteiger partial charge in [0, 0.05) is 11.5 Å². The fraction of sp³-hybridized carbons (Fsp3) is 0.613. The smallest absolute Gasteiger partial charge is 0.157 e. The number of carbonyl (C=O) groups is 2. The van der Waals surface area contributed by atoms with Crippen molar-refractivity contribution in [3.05, 3.63) is 53.4 Å². The zero-order chi connectivity index (χ0) is 26.5. The molecule has 2 aromatic rings. The average molecular weight is 518 g/mol. The highest BCUT2D eigenvalue weighted by Gasteiger charge is 2.59. The minimum atomic E-state index is -0.174. The Hall–Kier alpha value is -2.80. The Morgan fingerprint density at radius 3 is 2.74 bits per heavy atom. The number of Topliss-reactive ketones (excluding diaryl/α,β-unsaturated/α-hetero) is 1. The van der Waals surface area contributed by atoms with Crippen LogP contribution in [0.1, 0.15) is 81.3 Å². The van der Waals surface area contributed by atoms with E-state index in [9.17, 15) is 14.7 Å². The molecule has 6 rings (SSSR count). The van der Waals surface area contributed by atoms with Gasteiger partial charge >= 0.3 is 0 Å². The minimum Gasteiger partial charge on any atom is -0.487 e. The number of aromatic nitrogens is 3. The molecule has 1 heterocycles. The number of rotatable bonds is 7. The lowest BCUT2D eigenvalue weighted by Crippen LogP contribution is -2.51. The van der Waals surface area contributed by atoms with E-state index in [0.717, 1.165) is 51.2 Å². The maximum Gasteiger partial charge on any atom is 0.157 e. The topological polar surface area (TPSA) is 94.3 Å². The Bertz CT molecular complexity index is 1240. The molecular weight excluding hydrogens is 478 g/mol. The van der Waals surface area contributed by atoms with Gasteiger partial charge in [-0.3, -0.25) is 9.59 Å². The minimum absolute atomic E-state index is 0.0499. The number of benzene rings is 1. The molecule has 3 saturated carbocycles. The second kappa shape index (κ2) is 9.74. The second-order valence-corrected chi connectivity index (χ2v) is 12.7. The van der Waals surface area contributed by atoms with Crippen molar-refractivity contribution in [1.29, 1.82) is 0 Å². The van der Waals surface area contributed by atoms with Crippen molar-refractivity contribution in [3.8, 4) is 5.75 Å². The normalized spacial score (nSPS) is 36.0. The molecule has 7 nitrogen and oxygen atoms in total. The van der Waals surface area contributed by atoms with Crippen LogP contribution in [-0.4, -0.2) is 38.3 Å². The highest BCUT2D eigenvalue weighted by molar-refractivity contribution is 5.82. The van der Waals surface area contributed by atoms with E-state index >= 15 is 0 Å².